The van der Waals surface area contributed by atoms with Gasteiger partial charge in [0, 0.05) is 24.5 Å². The predicted molar refractivity (Wildman–Crippen MR) is 90.5 cm³/mol. The van der Waals surface area contributed by atoms with E-state index in [2.05, 4.69) is 29.0 Å². The number of piperidine rings is 1. The van der Waals surface area contributed by atoms with Gasteiger partial charge in [0.25, 0.3) is 5.78 Å². The molecule has 2 atom stereocenters. The van der Waals surface area contributed by atoms with E-state index in [1.165, 1.54) is 18.2 Å². The molecule has 2 aromatic rings. The number of thioether (sulfide) groups is 1. The quantitative estimate of drug-likeness (QED) is 0.807. The van der Waals surface area contributed by atoms with E-state index in [1.54, 1.807) is 0 Å². The second kappa shape index (κ2) is 6.47. The molecule has 124 valence electrons. The third kappa shape index (κ3) is 3.49. The number of likely N-dealkylation sites (tertiary alicyclic amines) is 1. The van der Waals surface area contributed by atoms with E-state index in [-0.39, 0.29) is 5.91 Å². The molecule has 3 rings (SSSR count). The second-order valence-corrected chi connectivity index (χ2v) is 7.63. The van der Waals surface area contributed by atoms with Gasteiger partial charge in [0.15, 0.2) is 5.16 Å². The zero-order valence-electron chi connectivity index (χ0n) is 14.1. The van der Waals surface area contributed by atoms with Crippen LogP contribution in [0.3, 0.4) is 0 Å². The Labute approximate surface area is 140 Å². The summed E-state index contributed by atoms with van der Waals surface area (Å²) in [6.07, 6.45) is 1.20. The van der Waals surface area contributed by atoms with Crippen LogP contribution in [0.25, 0.3) is 5.78 Å². The first-order valence-electron chi connectivity index (χ1n) is 8.04. The summed E-state index contributed by atoms with van der Waals surface area (Å²) in [4.78, 5) is 18.9. The molecule has 1 amide bonds. The Morgan fingerprint density at radius 3 is 2.65 bits per heavy atom. The first-order valence-corrected chi connectivity index (χ1v) is 9.02. The highest BCUT2D eigenvalue weighted by Gasteiger charge is 2.25. The lowest BCUT2D eigenvalue weighted by Gasteiger charge is -2.34. The standard InChI is InChI=1S/C16H23N5OS/c1-10-5-11(2)8-20(7-10)14(22)9-23-16-19-18-15-17-12(3)6-13(4)21(15)16/h6,10-11H,5,7-9H2,1-4H3. The van der Waals surface area contributed by atoms with Crippen molar-refractivity contribution in [2.75, 3.05) is 18.8 Å². The van der Waals surface area contributed by atoms with Crippen LogP contribution in [0, 0.1) is 25.7 Å². The molecule has 6 nitrogen and oxygen atoms in total. The number of nitrogens with zero attached hydrogens (tertiary/aromatic N) is 5. The molecule has 0 bridgehead atoms. The van der Waals surface area contributed by atoms with Crippen molar-refractivity contribution in [1.29, 1.82) is 0 Å². The third-order valence-electron chi connectivity index (χ3n) is 4.21. The monoisotopic (exact) mass is 333 g/mol. The van der Waals surface area contributed by atoms with E-state index >= 15 is 0 Å². The number of rotatable bonds is 3. The molecule has 3 heterocycles. The van der Waals surface area contributed by atoms with Crippen molar-refractivity contribution in [3.05, 3.63) is 17.5 Å². The van der Waals surface area contributed by atoms with Crippen molar-refractivity contribution < 1.29 is 4.79 Å². The number of fused-ring (bicyclic) bond motifs is 1. The molecule has 0 spiro atoms. The van der Waals surface area contributed by atoms with Crippen molar-refractivity contribution in [3.8, 4) is 0 Å². The van der Waals surface area contributed by atoms with E-state index in [4.69, 9.17) is 0 Å². The van der Waals surface area contributed by atoms with Gasteiger partial charge in [-0.1, -0.05) is 25.6 Å². The normalized spacial score (nSPS) is 21.8. The fraction of sp³-hybridized carbons (Fsp3) is 0.625. The highest BCUT2D eigenvalue weighted by Crippen LogP contribution is 2.23. The van der Waals surface area contributed by atoms with E-state index in [0.29, 0.717) is 23.4 Å². The topological polar surface area (TPSA) is 63.4 Å². The van der Waals surface area contributed by atoms with Crippen LogP contribution < -0.4 is 0 Å². The van der Waals surface area contributed by atoms with E-state index < -0.39 is 0 Å². The SMILES string of the molecule is Cc1cc(C)n2c(SCC(=O)N3CC(C)CC(C)C3)nnc2n1. The Hall–Kier alpha value is -1.63. The number of carbonyl (C=O) groups is 1. The van der Waals surface area contributed by atoms with Crippen LogP contribution in [-0.4, -0.2) is 49.2 Å². The summed E-state index contributed by atoms with van der Waals surface area (Å²) in [5, 5.41) is 9.03. The summed E-state index contributed by atoms with van der Waals surface area (Å²) in [5.41, 5.74) is 1.96. The van der Waals surface area contributed by atoms with Crippen LogP contribution in [0.5, 0.6) is 0 Å². The maximum atomic E-state index is 12.5. The highest BCUT2D eigenvalue weighted by molar-refractivity contribution is 7.99. The largest absolute Gasteiger partial charge is 0.341 e. The molecular weight excluding hydrogens is 310 g/mol. The van der Waals surface area contributed by atoms with E-state index in [0.717, 1.165) is 29.6 Å². The zero-order valence-corrected chi connectivity index (χ0v) is 14.9. The van der Waals surface area contributed by atoms with Gasteiger partial charge in [-0.15, -0.1) is 10.2 Å². The minimum absolute atomic E-state index is 0.183. The Morgan fingerprint density at radius 2 is 1.96 bits per heavy atom. The van der Waals surface area contributed by atoms with Crippen molar-refractivity contribution >= 4 is 23.4 Å². The summed E-state index contributed by atoms with van der Waals surface area (Å²) < 4.78 is 1.91. The van der Waals surface area contributed by atoms with Crippen LogP contribution in [0.4, 0.5) is 0 Å². The molecule has 2 unspecified atom stereocenters. The Bertz CT molecular complexity index is 719. The molecule has 2 aromatic heterocycles. The first kappa shape index (κ1) is 16.2. The van der Waals surface area contributed by atoms with Gasteiger partial charge >= 0.3 is 0 Å². The van der Waals surface area contributed by atoms with Gasteiger partial charge in [-0.25, -0.2) is 4.98 Å². The van der Waals surface area contributed by atoms with E-state index in [9.17, 15) is 4.79 Å². The predicted octanol–water partition coefficient (Wildman–Crippen LogP) is 2.34. The molecule has 0 aliphatic carbocycles. The van der Waals surface area contributed by atoms with Gasteiger partial charge in [-0.2, -0.15) is 0 Å². The molecule has 1 aliphatic rings. The molecule has 0 N–H and O–H groups in total. The smallest absolute Gasteiger partial charge is 0.256 e. The van der Waals surface area contributed by atoms with Gasteiger partial charge in [0.1, 0.15) is 0 Å². The average molecular weight is 333 g/mol. The van der Waals surface area contributed by atoms with Crippen LogP contribution in [0.15, 0.2) is 11.2 Å². The minimum atomic E-state index is 0.183. The van der Waals surface area contributed by atoms with Crippen LogP contribution in [-0.2, 0) is 4.79 Å². The number of aromatic nitrogens is 4. The highest BCUT2D eigenvalue weighted by atomic mass is 32.2. The van der Waals surface area contributed by atoms with Gasteiger partial charge in [0.05, 0.1) is 5.75 Å². The van der Waals surface area contributed by atoms with Crippen molar-refractivity contribution in [2.24, 2.45) is 11.8 Å². The van der Waals surface area contributed by atoms with Crippen molar-refractivity contribution in [2.45, 2.75) is 39.3 Å². The van der Waals surface area contributed by atoms with Crippen LogP contribution >= 0.6 is 11.8 Å². The summed E-state index contributed by atoms with van der Waals surface area (Å²) in [5.74, 6) is 2.33. The molecule has 0 saturated carbocycles. The minimum Gasteiger partial charge on any atom is -0.341 e. The summed E-state index contributed by atoms with van der Waals surface area (Å²) in [7, 11) is 0. The van der Waals surface area contributed by atoms with Gasteiger partial charge in [-0.3, -0.25) is 9.20 Å². The number of amides is 1. The van der Waals surface area contributed by atoms with Gasteiger partial charge in [0.2, 0.25) is 5.91 Å². The molecule has 0 radical (unpaired) electrons. The lowest BCUT2D eigenvalue weighted by molar-refractivity contribution is -0.130. The lowest BCUT2D eigenvalue weighted by Crippen LogP contribution is -2.43. The molecule has 1 saturated heterocycles. The zero-order chi connectivity index (χ0) is 16.6. The molecule has 0 aromatic carbocycles. The third-order valence-corrected chi connectivity index (χ3v) is 5.12. The Kier molecular flexibility index (Phi) is 4.57. The number of hydrogen-bond donors (Lipinski definition) is 0. The summed E-state index contributed by atoms with van der Waals surface area (Å²) in [6, 6.07) is 2.00. The molecule has 7 heteroatoms. The van der Waals surface area contributed by atoms with Gasteiger partial charge in [-0.05, 0) is 38.2 Å². The van der Waals surface area contributed by atoms with Crippen LogP contribution in [0.1, 0.15) is 31.7 Å². The van der Waals surface area contributed by atoms with Crippen molar-refractivity contribution in [1.82, 2.24) is 24.5 Å². The summed E-state index contributed by atoms with van der Waals surface area (Å²) in [6.45, 7) is 10.1. The Morgan fingerprint density at radius 1 is 1.26 bits per heavy atom. The maximum absolute atomic E-state index is 12.5. The fourth-order valence-corrected chi connectivity index (χ4v) is 4.27. The number of aryl methyl sites for hydroxylation is 2. The molecule has 1 aliphatic heterocycles. The summed E-state index contributed by atoms with van der Waals surface area (Å²) >= 11 is 1.44. The van der Waals surface area contributed by atoms with E-state index in [1.807, 2.05) is 29.2 Å². The maximum Gasteiger partial charge on any atom is 0.256 e. The first-order chi connectivity index (χ1) is 10.9. The number of hydrogen-bond acceptors (Lipinski definition) is 5. The van der Waals surface area contributed by atoms with Crippen molar-refractivity contribution in [3.63, 3.8) is 0 Å². The molecule has 1 fully saturated rings. The Balaban J connectivity index is 1.70. The average Bonchev–Trinajstić information content (AvgIpc) is 2.86. The van der Waals surface area contributed by atoms with Crippen LogP contribution in [0.2, 0.25) is 0 Å². The number of carbonyl (C=O) groups excluding carboxylic acids is 1. The lowest BCUT2D eigenvalue weighted by atomic mass is 9.92. The van der Waals surface area contributed by atoms with Gasteiger partial charge < -0.3 is 4.90 Å². The fourth-order valence-electron chi connectivity index (χ4n) is 3.38. The molecular formula is C16H23N5OS. The second-order valence-electron chi connectivity index (χ2n) is 6.69. The molecule has 23 heavy (non-hydrogen) atoms.